The van der Waals surface area contributed by atoms with Crippen LogP contribution in [0.2, 0.25) is 0 Å². The van der Waals surface area contributed by atoms with Crippen LogP contribution in [0.1, 0.15) is 56.6 Å². The lowest BCUT2D eigenvalue weighted by Crippen LogP contribution is -2.22. The molecule has 0 amide bonds. The Bertz CT molecular complexity index is 495. The van der Waals surface area contributed by atoms with Crippen LogP contribution >= 0.6 is 0 Å². The summed E-state index contributed by atoms with van der Waals surface area (Å²) in [6.07, 6.45) is 5.86. The second kappa shape index (κ2) is 5.58. The molecule has 0 atom stereocenters. The number of nitrogens with zero attached hydrogens (tertiary/aromatic N) is 1. The third-order valence-corrected chi connectivity index (χ3v) is 4.06. The minimum atomic E-state index is -0.379. The molecule has 0 N–H and O–H groups in total. The van der Waals surface area contributed by atoms with Gasteiger partial charge < -0.3 is 4.74 Å². The number of hydrogen-bond donors (Lipinski definition) is 0. The molecule has 1 fully saturated rings. The average molecular weight is 259 g/mol. The molecule has 1 saturated carbocycles. The van der Waals surface area contributed by atoms with Crippen molar-refractivity contribution in [3.63, 3.8) is 0 Å². The smallest absolute Gasteiger partial charge is 0.235 e. The molecule has 3 nitrogen and oxygen atoms in total. The highest BCUT2D eigenvalue weighted by Crippen LogP contribution is 2.46. The van der Waals surface area contributed by atoms with E-state index < -0.39 is 0 Å². The van der Waals surface area contributed by atoms with Crippen LogP contribution in [0.3, 0.4) is 0 Å². The molecule has 0 radical (unpaired) electrons. The van der Waals surface area contributed by atoms with Crippen molar-refractivity contribution in [1.29, 1.82) is 0 Å². The van der Waals surface area contributed by atoms with Gasteiger partial charge in [-0.15, -0.1) is 0 Å². The predicted molar refractivity (Wildman–Crippen MR) is 75.4 cm³/mol. The maximum absolute atomic E-state index is 10.9. The number of benzene rings is 1. The lowest BCUT2D eigenvalue weighted by Gasteiger charge is -2.28. The monoisotopic (exact) mass is 259 g/mol. The summed E-state index contributed by atoms with van der Waals surface area (Å²) >= 11 is 0. The Morgan fingerprint density at radius 1 is 1.32 bits per heavy atom. The van der Waals surface area contributed by atoms with Crippen LogP contribution in [0.5, 0.6) is 5.75 Å². The number of isocyanates is 1. The minimum Gasteiger partial charge on any atom is -0.496 e. The van der Waals surface area contributed by atoms with Gasteiger partial charge in [-0.1, -0.05) is 38.8 Å². The van der Waals surface area contributed by atoms with Gasteiger partial charge in [0.1, 0.15) is 5.75 Å². The maximum Gasteiger partial charge on any atom is 0.235 e. The molecule has 0 aliphatic heterocycles. The Kier molecular flexibility index (Phi) is 4.06. The van der Waals surface area contributed by atoms with Crippen molar-refractivity contribution in [3.8, 4) is 5.75 Å². The fourth-order valence-corrected chi connectivity index (χ4v) is 3.21. The third kappa shape index (κ3) is 2.43. The van der Waals surface area contributed by atoms with Crippen LogP contribution in [-0.4, -0.2) is 13.2 Å². The summed E-state index contributed by atoms with van der Waals surface area (Å²) in [4.78, 5) is 15.0. The summed E-state index contributed by atoms with van der Waals surface area (Å²) in [6, 6.07) is 6.05. The van der Waals surface area contributed by atoms with Gasteiger partial charge in [-0.3, -0.25) is 0 Å². The van der Waals surface area contributed by atoms with Crippen molar-refractivity contribution in [3.05, 3.63) is 29.3 Å². The maximum atomic E-state index is 10.9. The number of hydrogen-bond acceptors (Lipinski definition) is 3. The first kappa shape index (κ1) is 13.8. The Labute approximate surface area is 114 Å². The van der Waals surface area contributed by atoms with E-state index >= 15 is 0 Å². The number of carbonyl (C=O) groups excluding carboxylic acids is 1. The van der Waals surface area contributed by atoms with Gasteiger partial charge in [-0.2, -0.15) is 4.99 Å². The van der Waals surface area contributed by atoms with Gasteiger partial charge in [-0.05, 0) is 30.4 Å². The topological polar surface area (TPSA) is 38.7 Å². The van der Waals surface area contributed by atoms with Crippen LogP contribution in [0.4, 0.5) is 0 Å². The lowest BCUT2D eigenvalue weighted by molar-refractivity contribution is 0.398. The zero-order valence-corrected chi connectivity index (χ0v) is 11.9. The Balaban J connectivity index is 2.63. The largest absolute Gasteiger partial charge is 0.496 e. The summed E-state index contributed by atoms with van der Waals surface area (Å²) in [5, 5.41) is 0. The van der Waals surface area contributed by atoms with E-state index in [9.17, 15) is 4.79 Å². The molecule has 19 heavy (non-hydrogen) atoms. The number of methoxy groups -OCH3 is 1. The van der Waals surface area contributed by atoms with E-state index in [2.05, 4.69) is 24.9 Å². The Morgan fingerprint density at radius 3 is 2.53 bits per heavy atom. The van der Waals surface area contributed by atoms with Gasteiger partial charge in [0.25, 0.3) is 0 Å². The first-order valence-electron chi connectivity index (χ1n) is 6.91. The van der Waals surface area contributed by atoms with E-state index in [0.29, 0.717) is 5.92 Å². The molecule has 1 aliphatic rings. The molecule has 0 bridgehead atoms. The molecule has 1 aromatic rings. The Hall–Kier alpha value is -1.60. The summed E-state index contributed by atoms with van der Waals surface area (Å²) in [6.45, 7) is 4.29. The highest BCUT2D eigenvalue weighted by Gasteiger charge is 2.38. The highest BCUT2D eigenvalue weighted by atomic mass is 16.5. The molecule has 1 aliphatic carbocycles. The van der Waals surface area contributed by atoms with E-state index in [1.54, 1.807) is 13.2 Å². The number of aliphatic imine (C=N–C) groups is 1. The zero-order valence-electron chi connectivity index (χ0n) is 11.9. The van der Waals surface area contributed by atoms with Crippen molar-refractivity contribution in [2.45, 2.75) is 51.0 Å². The zero-order chi connectivity index (χ0) is 13.9. The molecular formula is C16H21NO2. The second-order valence-electron chi connectivity index (χ2n) is 5.52. The quantitative estimate of drug-likeness (QED) is 0.607. The van der Waals surface area contributed by atoms with Gasteiger partial charge >= 0.3 is 0 Å². The minimum absolute atomic E-state index is 0.338. The fraction of sp³-hybridized carbons (Fsp3) is 0.562. The first-order valence-corrected chi connectivity index (χ1v) is 6.91. The molecule has 0 spiro atoms. The highest BCUT2D eigenvalue weighted by molar-refractivity contribution is 5.48. The molecule has 0 saturated heterocycles. The van der Waals surface area contributed by atoms with Crippen molar-refractivity contribution >= 4 is 6.08 Å². The summed E-state index contributed by atoms with van der Waals surface area (Å²) < 4.78 is 5.49. The van der Waals surface area contributed by atoms with E-state index in [1.165, 1.54) is 5.56 Å². The van der Waals surface area contributed by atoms with Crippen molar-refractivity contribution in [2.75, 3.05) is 7.11 Å². The van der Waals surface area contributed by atoms with Crippen LogP contribution < -0.4 is 4.74 Å². The Morgan fingerprint density at radius 2 is 2.00 bits per heavy atom. The normalized spacial score (nSPS) is 17.3. The van der Waals surface area contributed by atoms with Gasteiger partial charge in [0.2, 0.25) is 6.08 Å². The molecule has 0 unspecified atom stereocenters. The van der Waals surface area contributed by atoms with Crippen molar-refractivity contribution in [1.82, 2.24) is 0 Å². The van der Waals surface area contributed by atoms with Crippen LogP contribution in [0.25, 0.3) is 0 Å². The van der Waals surface area contributed by atoms with Crippen molar-refractivity contribution in [2.24, 2.45) is 4.99 Å². The second-order valence-corrected chi connectivity index (χ2v) is 5.52. The van der Waals surface area contributed by atoms with E-state index in [-0.39, 0.29) is 5.54 Å². The average Bonchev–Trinajstić information content (AvgIpc) is 2.87. The van der Waals surface area contributed by atoms with E-state index in [4.69, 9.17) is 4.74 Å². The predicted octanol–water partition coefficient (Wildman–Crippen LogP) is 3.92. The van der Waals surface area contributed by atoms with Gasteiger partial charge in [0.05, 0.1) is 12.6 Å². The number of ether oxygens (including phenoxy) is 1. The van der Waals surface area contributed by atoms with Crippen LogP contribution in [-0.2, 0) is 10.3 Å². The van der Waals surface area contributed by atoms with Gasteiger partial charge in [0.15, 0.2) is 0 Å². The van der Waals surface area contributed by atoms with Crippen molar-refractivity contribution < 1.29 is 9.53 Å². The summed E-state index contributed by atoms with van der Waals surface area (Å²) in [5.74, 6) is 1.23. The SMILES string of the molecule is COc1cccc(C2(N=C=O)CCCC2)c1C(C)C. The molecule has 0 aromatic heterocycles. The first-order chi connectivity index (χ1) is 9.14. The summed E-state index contributed by atoms with van der Waals surface area (Å²) in [5.41, 5.74) is 1.93. The lowest BCUT2D eigenvalue weighted by atomic mass is 9.82. The summed E-state index contributed by atoms with van der Waals surface area (Å²) in [7, 11) is 1.69. The third-order valence-electron chi connectivity index (χ3n) is 4.06. The molecule has 2 rings (SSSR count). The standard InChI is InChI=1S/C16H21NO2/c1-12(2)15-13(7-6-8-14(15)19-3)16(17-11-18)9-4-5-10-16/h6-8,12H,4-5,9-10H2,1-3H3. The van der Waals surface area contributed by atoms with Crippen LogP contribution in [0, 0.1) is 0 Å². The molecule has 0 heterocycles. The van der Waals surface area contributed by atoms with Crippen LogP contribution in [0.15, 0.2) is 23.2 Å². The molecular weight excluding hydrogens is 238 g/mol. The fourth-order valence-electron chi connectivity index (χ4n) is 3.21. The van der Waals surface area contributed by atoms with Gasteiger partial charge in [-0.25, -0.2) is 4.79 Å². The van der Waals surface area contributed by atoms with Gasteiger partial charge in [0, 0.05) is 5.56 Å². The van der Waals surface area contributed by atoms with E-state index in [1.807, 2.05) is 12.1 Å². The number of rotatable bonds is 4. The molecule has 1 aromatic carbocycles. The molecule has 3 heteroatoms. The van der Waals surface area contributed by atoms with E-state index in [0.717, 1.165) is 37.0 Å². The molecule has 102 valence electrons.